The van der Waals surface area contributed by atoms with E-state index in [0.717, 1.165) is 40.4 Å². The van der Waals surface area contributed by atoms with Crippen LogP contribution < -0.4 is 16.0 Å². The molecule has 6 rings (SSSR count). The Morgan fingerprint density at radius 1 is 1.05 bits per heavy atom. The molecule has 3 N–H and O–H groups in total. The maximum Gasteiger partial charge on any atom is 0.258 e. The van der Waals surface area contributed by atoms with Crippen LogP contribution in [-0.2, 0) is 6.67 Å². The Balaban J connectivity index is 1.23. The van der Waals surface area contributed by atoms with Crippen LogP contribution in [0.1, 0.15) is 56.2 Å². The van der Waals surface area contributed by atoms with Gasteiger partial charge in [-0.2, -0.15) is 0 Å². The van der Waals surface area contributed by atoms with E-state index in [1.54, 1.807) is 41.8 Å². The fraction of sp³-hybridized carbons (Fsp3) is 0.233. The third-order valence-electron chi connectivity index (χ3n) is 6.93. The minimum atomic E-state index is -0.676. The second-order valence-corrected chi connectivity index (χ2v) is 11.1. The molecule has 0 atom stereocenters. The highest BCUT2D eigenvalue weighted by Crippen LogP contribution is 2.33. The van der Waals surface area contributed by atoms with Crippen LogP contribution in [0.3, 0.4) is 0 Å². The molecule has 0 unspecified atom stereocenters. The highest BCUT2D eigenvalue weighted by atomic mass is 32.1. The van der Waals surface area contributed by atoms with Gasteiger partial charge in [-0.25, -0.2) is 19.3 Å². The van der Waals surface area contributed by atoms with E-state index in [2.05, 4.69) is 30.9 Å². The number of aromatic nitrogens is 4. The average molecular weight is 570 g/mol. The number of fused-ring (bicyclic) bond motifs is 1. The van der Waals surface area contributed by atoms with E-state index < -0.39 is 6.67 Å². The second-order valence-electron chi connectivity index (χ2n) is 10.2. The van der Waals surface area contributed by atoms with E-state index in [4.69, 9.17) is 0 Å². The molecule has 1 aliphatic rings. The molecule has 2 amide bonds. The number of imidazole rings is 1. The maximum atomic E-state index is 13.7. The van der Waals surface area contributed by atoms with Gasteiger partial charge in [-0.05, 0) is 75.1 Å². The van der Waals surface area contributed by atoms with Crippen LogP contribution >= 0.6 is 11.3 Å². The number of hydrogen-bond acceptors (Lipinski definition) is 7. The first kappa shape index (κ1) is 26.6. The molecule has 1 fully saturated rings. The smallest absolute Gasteiger partial charge is 0.258 e. The van der Waals surface area contributed by atoms with Crippen molar-refractivity contribution in [3.8, 4) is 5.69 Å². The Bertz CT molecular complexity index is 1810. The number of aryl methyl sites for hydroxylation is 3. The number of benzene rings is 2. The standard InChI is InChI=1S/C30H28FN7O2S/c1-16-4-5-20(29(39)36-22-8-19(12-31)9-23(11-22)38-13-17(2)34-18(38)3)10-25(16)37-30(40)24-14-41-27-26(24)32-15-33-28(27)35-21-6-7-21/h4-5,8-11,13-15,21H,6-7,12H2,1-3H3,(H,36,39)(H,37,40)(H,32,33,35). The quantitative estimate of drug-likeness (QED) is 0.201. The molecule has 1 aliphatic carbocycles. The summed E-state index contributed by atoms with van der Waals surface area (Å²) in [5, 5.41) is 11.0. The molecule has 11 heteroatoms. The molecule has 9 nitrogen and oxygen atoms in total. The number of nitrogens with zero attached hydrogens (tertiary/aromatic N) is 4. The molecule has 0 radical (unpaired) electrons. The molecule has 2 aromatic carbocycles. The minimum absolute atomic E-state index is 0.320. The maximum absolute atomic E-state index is 13.7. The van der Waals surface area contributed by atoms with Crippen LogP contribution in [0.15, 0.2) is 54.3 Å². The van der Waals surface area contributed by atoms with Gasteiger partial charge in [0.15, 0.2) is 0 Å². The normalized spacial score (nSPS) is 12.9. The molecular formula is C30H28FN7O2S. The number of alkyl halides is 1. The lowest BCUT2D eigenvalue weighted by Gasteiger charge is -2.13. The first-order valence-electron chi connectivity index (χ1n) is 13.2. The van der Waals surface area contributed by atoms with Crippen molar-refractivity contribution in [1.29, 1.82) is 0 Å². The predicted octanol–water partition coefficient (Wildman–Crippen LogP) is 6.35. The molecule has 1 saturated carbocycles. The average Bonchev–Trinajstić information content (AvgIpc) is 3.55. The van der Waals surface area contributed by atoms with E-state index in [9.17, 15) is 14.0 Å². The van der Waals surface area contributed by atoms with Gasteiger partial charge in [-0.3, -0.25) is 9.59 Å². The first-order chi connectivity index (χ1) is 19.8. The van der Waals surface area contributed by atoms with Crippen molar-refractivity contribution in [2.45, 2.75) is 46.3 Å². The lowest BCUT2D eigenvalue weighted by Crippen LogP contribution is -2.16. The zero-order valence-electron chi connectivity index (χ0n) is 22.8. The van der Waals surface area contributed by atoms with Crippen molar-refractivity contribution in [1.82, 2.24) is 19.5 Å². The zero-order chi connectivity index (χ0) is 28.7. The number of halogens is 1. The van der Waals surface area contributed by atoms with Gasteiger partial charge in [0.2, 0.25) is 0 Å². The lowest BCUT2D eigenvalue weighted by atomic mass is 10.1. The van der Waals surface area contributed by atoms with Gasteiger partial charge in [0.1, 0.15) is 24.6 Å². The summed E-state index contributed by atoms with van der Waals surface area (Å²) in [4.78, 5) is 39.7. The summed E-state index contributed by atoms with van der Waals surface area (Å²) in [6.07, 6.45) is 5.55. The molecule has 3 aromatic heterocycles. The topological polar surface area (TPSA) is 114 Å². The van der Waals surface area contributed by atoms with Crippen LogP contribution in [0.2, 0.25) is 0 Å². The van der Waals surface area contributed by atoms with Crippen molar-refractivity contribution in [3.05, 3.63) is 88.1 Å². The van der Waals surface area contributed by atoms with Gasteiger partial charge in [0.25, 0.3) is 11.8 Å². The largest absolute Gasteiger partial charge is 0.366 e. The molecule has 0 bridgehead atoms. The van der Waals surface area contributed by atoms with Gasteiger partial charge >= 0.3 is 0 Å². The highest BCUT2D eigenvalue weighted by molar-refractivity contribution is 7.18. The minimum Gasteiger partial charge on any atom is -0.366 e. The number of amides is 2. The van der Waals surface area contributed by atoms with Crippen LogP contribution in [0.25, 0.3) is 15.9 Å². The third kappa shape index (κ3) is 5.53. The molecular weight excluding hydrogens is 541 g/mol. The summed E-state index contributed by atoms with van der Waals surface area (Å²) < 4.78 is 16.4. The molecule has 0 saturated heterocycles. The van der Waals surface area contributed by atoms with E-state index in [1.165, 1.54) is 17.7 Å². The molecule has 3 heterocycles. The molecule has 0 spiro atoms. The number of thiophene rings is 1. The number of carbonyl (C=O) groups excluding carboxylic acids is 2. The number of carbonyl (C=O) groups is 2. The number of rotatable bonds is 8. The van der Waals surface area contributed by atoms with E-state index in [0.29, 0.717) is 45.3 Å². The summed E-state index contributed by atoms with van der Waals surface area (Å²) in [5.41, 5.74) is 5.12. The van der Waals surface area contributed by atoms with Crippen molar-refractivity contribution in [3.63, 3.8) is 0 Å². The number of anilines is 3. The fourth-order valence-corrected chi connectivity index (χ4v) is 5.62. The fourth-order valence-electron chi connectivity index (χ4n) is 4.67. The van der Waals surface area contributed by atoms with Crippen LogP contribution in [0.4, 0.5) is 21.6 Å². The van der Waals surface area contributed by atoms with Gasteiger partial charge in [0.05, 0.1) is 21.5 Å². The zero-order valence-corrected chi connectivity index (χ0v) is 23.6. The van der Waals surface area contributed by atoms with Gasteiger partial charge in [-0.1, -0.05) is 6.07 Å². The molecule has 208 valence electrons. The Hall–Kier alpha value is -4.64. The summed E-state index contributed by atoms with van der Waals surface area (Å²) in [6.45, 7) is 4.93. The van der Waals surface area contributed by atoms with Crippen molar-refractivity contribution >= 4 is 50.6 Å². The molecule has 41 heavy (non-hydrogen) atoms. The lowest BCUT2D eigenvalue weighted by molar-refractivity contribution is 0.101. The Kier molecular flexibility index (Phi) is 6.96. The monoisotopic (exact) mass is 569 g/mol. The summed E-state index contributed by atoms with van der Waals surface area (Å²) in [7, 11) is 0. The van der Waals surface area contributed by atoms with Crippen LogP contribution in [-0.4, -0.2) is 37.4 Å². The predicted molar refractivity (Wildman–Crippen MR) is 159 cm³/mol. The number of hydrogen-bond donors (Lipinski definition) is 3. The first-order valence-corrected chi connectivity index (χ1v) is 14.1. The van der Waals surface area contributed by atoms with Crippen LogP contribution in [0.5, 0.6) is 0 Å². The Morgan fingerprint density at radius 3 is 2.61 bits per heavy atom. The summed E-state index contributed by atoms with van der Waals surface area (Å²) in [5.74, 6) is 0.800. The van der Waals surface area contributed by atoms with Gasteiger partial charge in [-0.15, -0.1) is 11.3 Å². The third-order valence-corrected chi connectivity index (χ3v) is 7.91. The number of nitrogens with one attached hydrogen (secondary N) is 3. The Morgan fingerprint density at radius 2 is 1.88 bits per heavy atom. The second kappa shape index (κ2) is 10.7. The highest BCUT2D eigenvalue weighted by Gasteiger charge is 2.24. The summed E-state index contributed by atoms with van der Waals surface area (Å²) >= 11 is 1.42. The molecule has 0 aliphatic heterocycles. The van der Waals surface area contributed by atoms with Crippen molar-refractivity contribution in [2.75, 3.05) is 16.0 Å². The SMILES string of the molecule is Cc1cn(-c2cc(CF)cc(NC(=O)c3ccc(C)c(NC(=O)c4csc5c(NC6CC6)ncnc45)c3)c2)c(C)n1. The van der Waals surface area contributed by atoms with E-state index >= 15 is 0 Å². The van der Waals surface area contributed by atoms with Gasteiger partial charge < -0.3 is 20.5 Å². The van der Waals surface area contributed by atoms with E-state index in [1.807, 2.05) is 31.5 Å². The van der Waals surface area contributed by atoms with Crippen molar-refractivity contribution < 1.29 is 14.0 Å². The van der Waals surface area contributed by atoms with E-state index in [-0.39, 0.29) is 11.8 Å². The van der Waals surface area contributed by atoms with Crippen LogP contribution in [0, 0.1) is 20.8 Å². The summed E-state index contributed by atoms with van der Waals surface area (Å²) in [6, 6.07) is 10.6. The Labute approximate surface area is 239 Å². The molecule has 5 aromatic rings. The van der Waals surface area contributed by atoms with Gasteiger partial charge in [0, 0.05) is 40.2 Å². The van der Waals surface area contributed by atoms with Crippen molar-refractivity contribution in [2.24, 2.45) is 0 Å².